The van der Waals surface area contributed by atoms with Crippen LogP contribution >= 0.6 is 11.8 Å². The van der Waals surface area contributed by atoms with Gasteiger partial charge in [0.15, 0.2) is 0 Å². The number of piperazine rings is 1. The Labute approximate surface area is 211 Å². The molecule has 2 aliphatic heterocycles. The molecule has 3 aromatic rings. The molecule has 0 spiro atoms. The minimum Gasteiger partial charge on any atom is -0.350 e. The zero-order chi connectivity index (χ0) is 25.1. The second-order valence-corrected chi connectivity index (χ2v) is 10.8. The molecule has 3 heterocycles. The molecule has 186 valence electrons. The normalized spacial score (nSPS) is 19.6. The fourth-order valence-electron chi connectivity index (χ4n) is 5.51. The molecule has 6 nitrogen and oxygen atoms in total. The largest absolute Gasteiger partial charge is 0.350 e. The lowest BCUT2D eigenvalue weighted by atomic mass is 9.93. The van der Waals surface area contributed by atoms with Crippen molar-refractivity contribution in [2.75, 3.05) is 30.3 Å². The predicted octanol–water partition coefficient (Wildman–Crippen LogP) is 4.55. The van der Waals surface area contributed by atoms with Gasteiger partial charge in [0.25, 0.3) is 0 Å². The average molecular weight is 509 g/mol. The summed E-state index contributed by atoms with van der Waals surface area (Å²) in [6, 6.07) is 5.74. The van der Waals surface area contributed by atoms with Crippen molar-refractivity contribution in [1.82, 2.24) is 14.5 Å². The molecule has 0 radical (unpaired) electrons. The molecule has 2 fully saturated rings. The maximum Gasteiger partial charge on any atom is 0.350 e. The molecule has 0 bridgehead atoms. The Kier molecular flexibility index (Phi) is 5.63. The van der Waals surface area contributed by atoms with E-state index in [4.69, 9.17) is 0 Å². The van der Waals surface area contributed by atoms with Gasteiger partial charge in [-0.1, -0.05) is 6.58 Å². The first-order valence-corrected chi connectivity index (χ1v) is 13.2. The van der Waals surface area contributed by atoms with Gasteiger partial charge in [-0.2, -0.15) is 4.98 Å². The van der Waals surface area contributed by atoms with Crippen LogP contribution in [0.2, 0.25) is 0 Å². The second kappa shape index (κ2) is 8.73. The summed E-state index contributed by atoms with van der Waals surface area (Å²) in [7, 11) is 0. The number of halogens is 2. The van der Waals surface area contributed by atoms with Crippen molar-refractivity contribution in [3.8, 4) is 11.1 Å². The third-order valence-electron chi connectivity index (χ3n) is 7.39. The highest BCUT2D eigenvalue weighted by Crippen LogP contribution is 2.51. The van der Waals surface area contributed by atoms with Gasteiger partial charge in [-0.05, 0) is 55.5 Å². The molecule has 36 heavy (non-hydrogen) atoms. The highest BCUT2D eigenvalue weighted by atomic mass is 32.2. The number of hydrogen-bond donors (Lipinski definition) is 0. The van der Waals surface area contributed by atoms with E-state index in [0.29, 0.717) is 49.2 Å². The first kappa shape index (κ1) is 23.2. The standard InChI is InChI=1S/C27H26F2N4O2S/c1-3-22(34)31-8-9-32(15(2)14-31)26-20-13-19(16-4-5-16)23(18-7-6-17(28)12-21(18)29)25-24(20)33(10-11-36-25)27(35)30-26/h3,6-7,12-13,15-16H,1,4-5,8-11,14H2,2H3. The fourth-order valence-corrected chi connectivity index (χ4v) is 6.71. The molecule has 2 aromatic carbocycles. The minimum absolute atomic E-state index is 0.0498. The number of aryl methyl sites for hydroxylation is 1. The Balaban J connectivity index is 1.58. The third-order valence-corrected chi connectivity index (χ3v) is 8.47. The zero-order valence-electron chi connectivity index (χ0n) is 20.0. The summed E-state index contributed by atoms with van der Waals surface area (Å²) in [5, 5.41) is 0.875. The monoisotopic (exact) mass is 508 g/mol. The number of rotatable bonds is 4. The maximum atomic E-state index is 15.1. The Bertz CT molecular complexity index is 1480. The highest BCUT2D eigenvalue weighted by Gasteiger charge is 2.35. The summed E-state index contributed by atoms with van der Waals surface area (Å²) >= 11 is 1.62. The maximum absolute atomic E-state index is 15.1. The van der Waals surface area contributed by atoms with Crippen LogP contribution in [0, 0.1) is 11.6 Å². The molecule has 1 aliphatic carbocycles. The van der Waals surface area contributed by atoms with Crippen LogP contribution in [-0.2, 0) is 11.3 Å². The molecular formula is C27H26F2N4O2S. The number of nitrogens with zero attached hydrogens (tertiary/aromatic N) is 4. The lowest BCUT2D eigenvalue weighted by Gasteiger charge is -2.41. The van der Waals surface area contributed by atoms with Crippen molar-refractivity contribution in [2.24, 2.45) is 0 Å². The quantitative estimate of drug-likeness (QED) is 0.484. The summed E-state index contributed by atoms with van der Waals surface area (Å²) in [4.78, 5) is 34.7. The van der Waals surface area contributed by atoms with E-state index in [0.717, 1.165) is 45.8 Å². The van der Waals surface area contributed by atoms with E-state index in [1.807, 2.05) is 6.92 Å². The highest BCUT2D eigenvalue weighted by molar-refractivity contribution is 7.99. The SMILES string of the molecule is C=CC(=O)N1CCN(c2nc(=O)n3c4c(c(-c5ccc(F)cc5F)c(C5CC5)cc24)SCC3)C(C)C1. The number of aromatic nitrogens is 2. The van der Waals surface area contributed by atoms with Gasteiger partial charge in [-0.3, -0.25) is 9.36 Å². The lowest BCUT2D eigenvalue weighted by Crippen LogP contribution is -2.54. The van der Waals surface area contributed by atoms with Crippen molar-refractivity contribution in [2.45, 2.75) is 43.2 Å². The predicted molar refractivity (Wildman–Crippen MR) is 138 cm³/mol. The summed E-state index contributed by atoms with van der Waals surface area (Å²) in [6.45, 7) is 7.69. The number of carbonyl (C=O) groups excluding carboxylic acids is 1. The fraction of sp³-hybridized carbons (Fsp3) is 0.370. The number of carbonyl (C=O) groups is 1. The van der Waals surface area contributed by atoms with Crippen molar-refractivity contribution in [3.05, 3.63) is 64.6 Å². The van der Waals surface area contributed by atoms with E-state index >= 15 is 4.39 Å². The molecule has 1 saturated heterocycles. The number of thioether (sulfide) groups is 1. The number of anilines is 1. The van der Waals surface area contributed by atoms with Crippen LogP contribution in [0.3, 0.4) is 0 Å². The molecule has 9 heteroatoms. The van der Waals surface area contributed by atoms with Crippen molar-refractivity contribution in [1.29, 1.82) is 0 Å². The van der Waals surface area contributed by atoms with Crippen LogP contribution in [0.5, 0.6) is 0 Å². The van der Waals surface area contributed by atoms with Crippen LogP contribution < -0.4 is 10.6 Å². The van der Waals surface area contributed by atoms with Gasteiger partial charge in [0.2, 0.25) is 5.91 Å². The molecular weight excluding hydrogens is 482 g/mol. The van der Waals surface area contributed by atoms with Crippen LogP contribution in [0.15, 0.2) is 46.6 Å². The Morgan fingerprint density at radius 2 is 2.00 bits per heavy atom. The number of benzene rings is 2. The Morgan fingerprint density at radius 3 is 2.69 bits per heavy atom. The van der Waals surface area contributed by atoms with Gasteiger partial charge < -0.3 is 9.80 Å². The number of hydrogen-bond acceptors (Lipinski definition) is 5. The molecule has 0 N–H and O–H groups in total. The smallest absolute Gasteiger partial charge is 0.350 e. The van der Waals surface area contributed by atoms with E-state index in [-0.39, 0.29) is 17.6 Å². The minimum atomic E-state index is -0.613. The lowest BCUT2D eigenvalue weighted by molar-refractivity contribution is -0.126. The molecule has 6 rings (SSSR count). The first-order chi connectivity index (χ1) is 17.4. The first-order valence-electron chi connectivity index (χ1n) is 12.2. The van der Waals surface area contributed by atoms with Crippen molar-refractivity contribution >= 4 is 34.4 Å². The molecule has 1 aromatic heterocycles. The summed E-state index contributed by atoms with van der Waals surface area (Å²) in [5.74, 6) is 0.258. The van der Waals surface area contributed by atoms with Gasteiger partial charge in [0, 0.05) is 65.4 Å². The molecule has 1 atom stereocenters. The van der Waals surface area contributed by atoms with Crippen LogP contribution in [-0.4, -0.2) is 51.8 Å². The van der Waals surface area contributed by atoms with Gasteiger partial charge >= 0.3 is 5.69 Å². The molecule has 1 unspecified atom stereocenters. The van der Waals surface area contributed by atoms with Crippen molar-refractivity contribution in [3.63, 3.8) is 0 Å². The van der Waals surface area contributed by atoms with Gasteiger partial charge in [0.1, 0.15) is 17.5 Å². The van der Waals surface area contributed by atoms with Crippen molar-refractivity contribution < 1.29 is 13.6 Å². The van der Waals surface area contributed by atoms with Crippen LogP contribution in [0.25, 0.3) is 22.0 Å². The van der Waals surface area contributed by atoms with Gasteiger partial charge in [0.05, 0.1) is 5.52 Å². The van der Waals surface area contributed by atoms with Gasteiger partial charge in [-0.25, -0.2) is 13.6 Å². The van der Waals surface area contributed by atoms with Crippen LogP contribution in [0.4, 0.5) is 14.6 Å². The van der Waals surface area contributed by atoms with E-state index < -0.39 is 11.6 Å². The van der Waals surface area contributed by atoms with E-state index in [1.54, 1.807) is 21.2 Å². The zero-order valence-corrected chi connectivity index (χ0v) is 20.8. The second-order valence-electron chi connectivity index (χ2n) is 9.71. The summed E-state index contributed by atoms with van der Waals surface area (Å²) < 4.78 is 30.5. The number of amides is 1. The van der Waals surface area contributed by atoms with Gasteiger partial charge in [-0.15, -0.1) is 11.8 Å². The Hall–Kier alpha value is -3.20. The molecule has 3 aliphatic rings. The van der Waals surface area contributed by atoms with Crippen LogP contribution in [0.1, 0.15) is 31.2 Å². The Morgan fingerprint density at radius 1 is 1.19 bits per heavy atom. The van der Waals surface area contributed by atoms with E-state index in [1.165, 1.54) is 18.2 Å². The summed E-state index contributed by atoms with van der Waals surface area (Å²) in [5.41, 5.74) is 2.60. The third kappa shape index (κ3) is 3.72. The van der Waals surface area contributed by atoms with E-state index in [9.17, 15) is 14.0 Å². The topological polar surface area (TPSA) is 58.4 Å². The molecule has 1 amide bonds. The molecule has 1 saturated carbocycles. The van der Waals surface area contributed by atoms with E-state index in [2.05, 4.69) is 22.5 Å². The summed E-state index contributed by atoms with van der Waals surface area (Å²) in [6.07, 6.45) is 3.34. The average Bonchev–Trinajstić information content (AvgIpc) is 3.71.